The van der Waals surface area contributed by atoms with Gasteiger partial charge in [0, 0.05) is 16.7 Å². The number of benzene rings is 3. The molecule has 134 valence electrons. The summed E-state index contributed by atoms with van der Waals surface area (Å²) in [5.74, 6) is 0.455. The van der Waals surface area contributed by atoms with E-state index in [-0.39, 0.29) is 17.5 Å². The number of nitrogens with zero attached hydrogens (tertiary/aromatic N) is 2. The largest absolute Gasteiger partial charge is 0.508 e. The Morgan fingerprint density at radius 1 is 0.815 bits per heavy atom. The van der Waals surface area contributed by atoms with Gasteiger partial charge >= 0.3 is 0 Å². The van der Waals surface area contributed by atoms with Crippen LogP contribution in [0.5, 0.6) is 11.5 Å². The predicted octanol–water partition coefficient (Wildman–Crippen LogP) is 5.24. The summed E-state index contributed by atoms with van der Waals surface area (Å²) in [6, 6.07) is 24.3. The highest BCUT2D eigenvalue weighted by atomic mass is 16.3. The Morgan fingerprint density at radius 3 is 2.26 bits per heavy atom. The molecular weight excluding hydrogens is 336 g/mol. The fraction of sp³-hybridized carbons (Fsp3) is 0.0870. The van der Waals surface area contributed by atoms with Crippen molar-refractivity contribution in [2.75, 3.05) is 0 Å². The summed E-state index contributed by atoms with van der Waals surface area (Å²) in [4.78, 5) is 4.67. The van der Waals surface area contributed by atoms with Gasteiger partial charge in [-0.1, -0.05) is 60.7 Å². The first-order chi connectivity index (χ1) is 13.1. The molecule has 4 rings (SSSR count). The summed E-state index contributed by atoms with van der Waals surface area (Å²) in [7, 11) is 0. The first-order valence-electron chi connectivity index (χ1n) is 8.84. The molecule has 0 aliphatic heterocycles. The van der Waals surface area contributed by atoms with Gasteiger partial charge in [0.05, 0.1) is 23.8 Å². The van der Waals surface area contributed by atoms with Crippen molar-refractivity contribution in [3.63, 3.8) is 0 Å². The highest BCUT2D eigenvalue weighted by Gasteiger charge is 2.21. The minimum absolute atomic E-state index is 0.131. The maximum atomic E-state index is 10.3. The second kappa shape index (κ2) is 7.00. The molecule has 1 aromatic heterocycles. The number of phenolic OH excluding ortho intramolecular Hbond substituents is 2. The van der Waals surface area contributed by atoms with Crippen molar-refractivity contribution in [3.05, 3.63) is 90.8 Å². The fourth-order valence-corrected chi connectivity index (χ4v) is 3.39. The summed E-state index contributed by atoms with van der Waals surface area (Å²) >= 11 is 0. The van der Waals surface area contributed by atoms with E-state index in [1.54, 1.807) is 24.5 Å². The van der Waals surface area contributed by atoms with E-state index in [1.807, 2.05) is 72.2 Å². The van der Waals surface area contributed by atoms with Crippen LogP contribution in [0.2, 0.25) is 0 Å². The molecule has 0 spiro atoms. The van der Waals surface area contributed by atoms with Crippen LogP contribution in [0.4, 0.5) is 0 Å². The molecular formula is C23H20N2O2. The number of para-hydroxylation sites is 1. The van der Waals surface area contributed by atoms with Crippen LogP contribution in [0.15, 0.2) is 85.2 Å². The fourth-order valence-electron chi connectivity index (χ4n) is 3.39. The van der Waals surface area contributed by atoms with E-state index in [0.717, 1.165) is 28.1 Å². The number of hydrogen-bond donors (Lipinski definition) is 2. The number of aromatic nitrogens is 2. The first kappa shape index (κ1) is 16.9. The number of rotatable bonds is 4. The Bertz CT molecular complexity index is 1070. The monoisotopic (exact) mass is 356 g/mol. The topological polar surface area (TPSA) is 58.3 Å². The minimum Gasteiger partial charge on any atom is -0.508 e. The van der Waals surface area contributed by atoms with E-state index in [4.69, 9.17) is 0 Å². The van der Waals surface area contributed by atoms with Crippen molar-refractivity contribution in [1.82, 2.24) is 9.55 Å². The lowest BCUT2D eigenvalue weighted by Crippen LogP contribution is -2.07. The molecule has 2 N–H and O–H groups in total. The van der Waals surface area contributed by atoms with Crippen molar-refractivity contribution in [2.24, 2.45) is 0 Å². The average Bonchev–Trinajstić information content (AvgIpc) is 3.14. The van der Waals surface area contributed by atoms with E-state index < -0.39 is 0 Å². The summed E-state index contributed by atoms with van der Waals surface area (Å²) < 4.78 is 2.03. The van der Waals surface area contributed by atoms with Gasteiger partial charge in [-0.15, -0.1) is 0 Å². The van der Waals surface area contributed by atoms with Crippen LogP contribution >= 0.6 is 0 Å². The van der Waals surface area contributed by atoms with Gasteiger partial charge < -0.3 is 14.8 Å². The molecule has 0 saturated heterocycles. The summed E-state index contributed by atoms with van der Waals surface area (Å²) in [6.07, 6.45) is 1.79. The quantitative estimate of drug-likeness (QED) is 0.526. The third kappa shape index (κ3) is 3.17. The smallest absolute Gasteiger partial charge is 0.120 e. The van der Waals surface area contributed by atoms with Gasteiger partial charge in [-0.3, -0.25) is 0 Å². The molecule has 0 fully saturated rings. The third-order valence-electron chi connectivity index (χ3n) is 4.76. The Morgan fingerprint density at radius 2 is 1.52 bits per heavy atom. The Kier molecular flexibility index (Phi) is 4.38. The first-order valence-corrected chi connectivity index (χ1v) is 8.84. The summed E-state index contributed by atoms with van der Waals surface area (Å²) in [5, 5.41) is 20.3. The second-order valence-electron chi connectivity index (χ2n) is 6.50. The molecule has 0 aliphatic rings. The standard InChI is InChI=1S/C23H20N2O2/c1-16(20-12-5-6-13-21(20)27)25-15-24-22(17-8-3-2-4-9-17)23(25)18-10-7-11-19(26)14-18/h2-16,26-27H,1H3/t16-/m0/s1. The van der Waals surface area contributed by atoms with Crippen molar-refractivity contribution in [1.29, 1.82) is 0 Å². The van der Waals surface area contributed by atoms with Crippen molar-refractivity contribution < 1.29 is 10.2 Å². The molecule has 0 saturated carbocycles. The Labute approximate surface area is 158 Å². The second-order valence-corrected chi connectivity index (χ2v) is 6.50. The zero-order valence-electron chi connectivity index (χ0n) is 14.9. The number of hydrogen-bond acceptors (Lipinski definition) is 3. The number of aromatic hydroxyl groups is 2. The third-order valence-corrected chi connectivity index (χ3v) is 4.76. The van der Waals surface area contributed by atoms with Crippen LogP contribution in [0.3, 0.4) is 0 Å². The van der Waals surface area contributed by atoms with Crippen LogP contribution < -0.4 is 0 Å². The highest BCUT2D eigenvalue weighted by molar-refractivity contribution is 5.79. The highest BCUT2D eigenvalue weighted by Crippen LogP contribution is 2.37. The average molecular weight is 356 g/mol. The molecule has 4 heteroatoms. The molecule has 4 nitrogen and oxygen atoms in total. The van der Waals surface area contributed by atoms with Gasteiger partial charge in [0.25, 0.3) is 0 Å². The predicted molar refractivity (Wildman–Crippen MR) is 107 cm³/mol. The van der Waals surface area contributed by atoms with E-state index in [0.29, 0.717) is 0 Å². The van der Waals surface area contributed by atoms with E-state index in [9.17, 15) is 10.2 Å². The van der Waals surface area contributed by atoms with Gasteiger partial charge in [0.15, 0.2) is 0 Å². The molecule has 3 aromatic carbocycles. The molecule has 27 heavy (non-hydrogen) atoms. The zero-order valence-corrected chi connectivity index (χ0v) is 14.9. The molecule has 0 amide bonds. The molecule has 0 radical (unpaired) electrons. The molecule has 0 bridgehead atoms. The van der Waals surface area contributed by atoms with Gasteiger partial charge in [0.2, 0.25) is 0 Å². The lowest BCUT2D eigenvalue weighted by atomic mass is 10.0. The normalized spacial score (nSPS) is 12.0. The summed E-state index contributed by atoms with van der Waals surface area (Å²) in [6.45, 7) is 2.03. The molecule has 4 aromatic rings. The summed E-state index contributed by atoms with van der Waals surface area (Å²) in [5.41, 5.74) is 4.42. The van der Waals surface area contributed by atoms with E-state index in [2.05, 4.69) is 4.98 Å². The lowest BCUT2D eigenvalue weighted by molar-refractivity contribution is 0.457. The van der Waals surface area contributed by atoms with Crippen LogP contribution in [-0.4, -0.2) is 19.8 Å². The van der Waals surface area contributed by atoms with Gasteiger partial charge in [-0.25, -0.2) is 4.98 Å². The molecule has 1 atom stereocenters. The number of phenols is 2. The molecule has 0 unspecified atom stereocenters. The van der Waals surface area contributed by atoms with Crippen molar-refractivity contribution >= 4 is 0 Å². The SMILES string of the molecule is C[C@@H](c1ccccc1O)n1cnc(-c2ccccc2)c1-c1cccc(O)c1. The maximum absolute atomic E-state index is 10.3. The molecule has 0 aliphatic carbocycles. The maximum Gasteiger partial charge on any atom is 0.120 e. The van der Waals surface area contributed by atoms with Gasteiger partial charge in [-0.2, -0.15) is 0 Å². The van der Waals surface area contributed by atoms with Crippen molar-refractivity contribution in [3.8, 4) is 34.0 Å². The lowest BCUT2D eigenvalue weighted by Gasteiger charge is -2.19. The number of imidazole rings is 1. The van der Waals surface area contributed by atoms with Gasteiger partial charge in [0.1, 0.15) is 11.5 Å². The zero-order chi connectivity index (χ0) is 18.8. The van der Waals surface area contributed by atoms with E-state index in [1.165, 1.54) is 0 Å². The Balaban J connectivity index is 1.93. The molecule has 1 heterocycles. The van der Waals surface area contributed by atoms with Crippen LogP contribution in [0.1, 0.15) is 18.5 Å². The van der Waals surface area contributed by atoms with E-state index >= 15 is 0 Å². The van der Waals surface area contributed by atoms with Crippen LogP contribution in [0.25, 0.3) is 22.5 Å². The minimum atomic E-state index is -0.131. The van der Waals surface area contributed by atoms with Gasteiger partial charge in [-0.05, 0) is 25.1 Å². The Hall–Kier alpha value is -3.53. The van der Waals surface area contributed by atoms with Crippen molar-refractivity contribution in [2.45, 2.75) is 13.0 Å². The van der Waals surface area contributed by atoms with Crippen LogP contribution in [0, 0.1) is 0 Å². The van der Waals surface area contributed by atoms with Crippen LogP contribution in [-0.2, 0) is 0 Å².